The Labute approximate surface area is 146 Å². The molecule has 0 aromatic heterocycles. The van der Waals surface area contributed by atoms with Crippen molar-refractivity contribution in [2.45, 2.75) is 70.8 Å². The van der Waals surface area contributed by atoms with Crippen molar-refractivity contribution in [1.82, 2.24) is 0 Å². The molecule has 0 radical (unpaired) electrons. The van der Waals surface area contributed by atoms with Gasteiger partial charge in [0.25, 0.3) is 0 Å². The average molecular weight is 328 g/mol. The monoisotopic (exact) mass is 328 g/mol. The number of hydrogen-bond acceptors (Lipinski definition) is 2. The molecular formula is C22H32O2. The molecule has 4 rings (SSSR count). The van der Waals surface area contributed by atoms with E-state index >= 15 is 0 Å². The molecule has 3 saturated carbocycles. The maximum atomic E-state index is 11.9. The molecule has 3 fully saturated rings. The molecule has 2 nitrogen and oxygen atoms in total. The fourth-order valence-corrected chi connectivity index (χ4v) is 7.29. The number of ketones is 1. The first-order valence-corrected chi connectivity index (χ1v) is 10.0. The first-order valence-electron chi connectivity index (χ1n) is 10.0. The molecule has 0 spiro atoms. The van der Waals surface area contributed by atoms with Gasteiger partial charge < -0.3 is 5.11 Å². The summed E-state index contributed by atoms with van der Waals surface area (Å²) in [6.07, 6.45) is 12.3. The summed E-state index contributed by atoms with van der Waals surface area (Å²) >= 11 is 0. The number of allylic oxidation sites excluding steroid dienone is 1. The molecule has 0 aliphatic heterocycles. The number of rotatable bonds is 2. The van der Waals surface area contributed by atoms with Gasteiger partial charge in [-0.1, -0.05) is 31.9 Å². The summed E-state index contributed by atoms with van der Waals surface area (Å²) in [6, 6.07) is 0. The van der Waals surface area contributed by atoms with E-state index in [4.69, 9.17) is 0 Å². The number of aliphatic hydroxyl groups is 1. The second-order valence-corrected chi connectivity index (χ2v) is 9.17. The molecule has 4 aliphatic rings. The van der Waals surface area contributed by atoms with E-state index in [2.05, 4.69) is 20.4 Å². The lowest BCUT2D eigenvalue weighted by Gasteiger charge is -2.58. The smallest absolute Gasteiger partial charge is 0.155 e. The van der Waals surface area contributed by atoms with E-state index < -0.39 is 5.60 Å². The maximum absolute atomic E-state index is 11.9. The molecule has 0 bridgehead atoms. The zero-order chi connectivity index (χ0) is 17.1. The summed E-state index contributed by atoms with van der Waals surface area (Å²) < 4.78 is 0. The average Bonchev–Trinajstić information content (AvgIpc) is 2.85. The molecule has 0 heterocycles. The second-order valence-electron chi connectivity index (χ2n) is 9.17. The predicted molar refractivity (Wildman–Crippen MR) is 96.4 cm³/mol. The van der Waals surface area contributed by atoms with Gasteiger partial charge in [0.15, 0.2) is 5.78 Å². The fraction of sp³-hybridized carbons (Fsp3) is 0.773. The quantitative estimate of drug-likeness (QED) is 0.747. The van der Waals surface area contributed by atoms with Crippen molar-refractivity contribution in [2.75, 3.05) is 0 Å². The standard InChI is InChI=1S/C22H32O2/c1-4-14-13-21(3)19(10-11-22(21,24)5-2)18-8-6-15-12-16(23)7-9-17(15)20(14)18/h5,12,14,17-20,24H,2,4,6-11,13H2,1,3H3/t14-,17?,18?,19?,20?,21-,22-/m0/s1. The molecule has 2 heteroatoms. The van der Waals surface area contributed by atoms with E-state index in [0.717, 1.165) is 50.4 Å². The van der Waals surface area contributed by atoms with Gasteiger partial charge in [-0.3, -0.25) is 4.79 Å². The van der Waals surface area contributed by atoms with Crippen LogP contribution in [0.2, 0.25) is 0 Å². The first kappa shape index (κ1) is 16.6. The van der Waals surface area contributed by atoms with Crippen LogP contribution in [0, 0.1) is 35.0 Å². The van der Waals surface area contributed by atoms with Gasteiger partial charge in [0.05, 0.1) is 5.60 Å². The van der Waals surface area contributed by atoms with Crippen LogP contribution in [0.1, 0.15) is 65.2 Å². The third-order valence-electron chi connectivity index (χ3n) is 8.50. The van der Waals surface area contributed by atoms with E-state index in [1.54, 1.807) is 0 Å². The highest BCUT2D eigenvalue weighted by molar-refractivity contribution is 5.91. The van der Waals surface area contributed by atoms with Crippen LogP contribution in [0.3, 0.4) is 0 Å². The normalized spacial score (nSPS) is 50.5. The third-order valence-corrected chi connectivity index (χ3v) is 8.50. The summed E-state index contributed by atoms with van der Waals surface area (Å²) in [5, 5.41) is 11.3. The Balaban J connectivity index is 1.72. The van der Waals surface area contributed by atoms with Crippen LogP contribution in [0.15, 0.2) is 24.3 Å². The zero-order valence-corrected chi connectivity index (χ0v) is 15.3. The minimum absolute atomic E-state index is 0.0116. The molecule has 4 unspecified atom stereocenters. The predicted octanol–water partition coefficient (Wildman–Crippen LogP) is 4.68. The Bertz CT molecular complexity index is 591. The molecule has 1 N–H and O–H groups in total. The van der Waals surface area contributed by atoms with Gasteiger partial charge in [0, 0.05) is 11.8 Å². The first-order chi connectivity index (χ1) is 11.4. The van der Waals surface area contributed by atoms with E-state index in [0.29, 0.717) is 23.5 Å². The van der Waals surface area contributed by atoms with E-state index in [1.165, 1.54) is 18.4 Å². The van der Waals surface area contributed by atoms with Gasteiger partial charge in [0.2, 0.25) is 0 Å². The molecule has 4 aliphatic carbocycles. The minimum atomic E-state index is -0.686. The van der Waals surface area contributed by atoms with Gasteiger partial charge in [0.1, 0.15) is 0 Å². The van der Waals surface area contributed by atoms with Crippen LogP contribution >= 0.6 is 0 Å². The highest BCUT2D eigenvalue weighted by Crippen LogP contribution is 2.66. The molecule has 132 valence electrons. The van der Waals surface area contributed by atoms with Crippen molar-refractivity contribution in [3.63, 3.8) is 0 Å². The van der Waals surface area contributed by atoms with E-state index in [-0.39, 0.29) is 5.41 Å². The summed E-state index contributed by atoms with van der Waals surface area (Å²) in [5.41, 5.74) is 0.753. The van der Waals surface area contributed by atoms with Crippen molar-refractivity contribution in [3.8, 4) is 0 Å². The Kier molecular flexibility index (Phi) is 3.84. The zero-order valence-electron chi connectivity index (χ0n) is 15.3. The number of fused-ring (bicyclic) bond motifs is 5. The minimum Gasteiger partial charge on any atom is -0.385 e. The van der Waals surface area contributed by atoms with Crippen LogP contribution in [-0.4, -0.2) is 16.5 Å². The highest BCUT2D eigenvalue weighted by Gasteiger charge is 2.63. The molecule has 0 aromatic rings. The van der Waals surface area contributed by atoms with Gasteiger partial charge in [-0.05, 0) is 74.2 Å². The van der Waals surface area contributed by atoms with Crippen LogP contribution in [0.5, 0.6) is 0 Å². The van der Waals surface area contributed by atoms with Crippen molar-refractivity contribution < 1.29 is 9.90 Å². The van der Waals surface area contributed by atoms with Crippen molar-refractivity contribution in [1.29, 1.82) is 0 Å². The number of carbonyl (C=O) groups is 1. The third kappa shape index (κ3) is 2.08. The number of carbonyl (C=O) groups excluding carboxylic acids is 1. The second kappa shape index (κ2) is 5.56. The van der Waals surface area contributed by atoms with Gasteiger partial charge in [-0.25, -0.2) is 0 Å². The topological polar surface area (TPSA) is 37.3 Å². The lowest BCUT2D eigenvalue weighted by Crippen LogP contribution is -2.55. The Morgan fingerprint density at radius 3 is 2.83 bits per heavy atom. The largest absolute Gasteiger partial charge is 0.385 e. The summed E-state index contributed by atoms with van der Waals surface area (Å²) in [4.78, 5) is 11.9. The molecule has 0 aromatic carbocycles. The molecular weight excluding hydrogens is 296 g/mol. The Morgan fingerprint density at radius 1 is 1.33 bits per heavy atom. The van der Waals surface area contributed by atoms with Crippen molar-refractivity contribution in [2.24, 2.45) is 35.0 Å². The van der Waals surface area contributed by atoms with Gasteiger partial charge in [-0.2, -0.15) is 0 Å². The molecule has 0 amide bonds. The maximum Gasteiger partial charge on any atom is 0.155 e. The van der Waals surface area contributed by atoms with Gasteiger partial charge >= 0.3 is 0 Å². The summed E-state index contributed by atoms with van der Waals surface area (Å²) in [5.74, 6) is 3.71. The van der Waals surface area contributed by atoms with E-state index in [1.807, 2.05) is 12.2 Å². The van der Waals surface area contributed by atoms with Crippen molar-refractivity contribution >= 4 is 5.78 Å². The van der Waals surface area contributed by atoms with Crippen LogP contribution in [0.4, 0.5) is 0 Å². The molecule has 24 heavy (non-hydrogen) atoms. The fourth-order valence-electron chi connectivity index (χ4n) is 7.29. The Morgan fingerprint density at radius 2 is 2.12 bits per heavy atom. The summed E-state index contributed by atoms with van der Waals surface area (Å²) in [6.45, 7) is 8.64. The highest BCUT2D eigenvalue weighted by atomic mass is 16.3. The molecule has 7 atom stereocenters. The van der Waals surface area contributed by atoms with Gasteiger partial charge in [-0.15, -0.1) is 6.58 Å². The molecule has 0 saturated heterocycles. The van der Waals surface area contributed by atoms with Crippen LogP contribution < -0.4 is 0 Å². The van der Waals surface area contributed by atoms with Crippen molar-refractivity contribution in [3.05, 3.63) is 24.3 Å². The SMILES string of the molecule is C=C[C@]1(O)CCC2C3CCC4=CC(=O)CCC4C3[C@@H](CC)C[C@@]21C. The van der Waals surface area contributed by atoms with Crippen LogP contribution in [-0.2, 0) is 4.79 Å². The Hall–Kier alpha value is -0.890. The van der Waals surface area contributed by atoms with Crippen LogP contribution in [0.25, 0.3) is 0 Å². The summed E-state index contributed by atoms with van der Waals surface area (Å²) in [7, 11) is 0. The lowest BCUT2D eigenvalue weighted by molar-refractivity contribution is -0.122. The lowest BCUT2D eigenvalue weighted by atomic mass is 9.47. The van der Waals surface area contributed by atoms with E-state index in [9.17, 15) is 9.90 Å². The number of hydrogen-bond donors (Lipinski definition) is 1.